The largest absolute Gasteiger partial charge is 0.483 e. The molecule has 0 fully saturated rings. The Morgan fingerprint density at radius 2 is 1.84 bits per heavy atom. The van der Waals surface area contributed by atoms with Crippen molar-refractivity contribution in [2.24, 2.45) is 0 Å². The van der Waals surface area contributed by atoms with E-state index in [-0.39, 0.29) is 12.5 Å². The van der Waals surface area contributed by atoms with Crippen LogP contribution in [0.15, 0.2) is 65.1 Å². The molecule has 0 unspecified atom stereocenters. The van der Waals surface area contributed by atoms with Crippen LogP contribution in [0, 0.1) is 6.92 Å². The molecule has 1 aromatic heterocycles. The van der Waals surface area contributed by atoms with Gasteiger partial charge in [-0.25, -0.2) is 4.98 Å². The summed E-state index contributed by atoms with van der Waals surface area (Å²) in [6.45, 7) is 3.93. The summed E-state index contributed by atoms with van der Waals surface area (Å²) in [5, 5.41) is 3.48. The zero-order valence-electron chi connectivity index (χ0n) is 17.4. The first-order chi connectivity index (χ1) is 15.0. The Morgan fingerprint density at radius 1 is 1.06 bits per heavy atom. The van der Waals surface area contributed by atoms with Gasteiger partial charge >= 0.3 is 0 Å². The van der Waals surface area contributed by atoms with Crippen molar-refractivity contribution in [3.05, 3.63) is 88.3 Å². The number of aromatic nitrogens is 1. The van der Waals surface area contributed by atoms with Gasteiger partial charge in [0.1, 0.15) is 11.3 Å². The zero-order chi connectivity index (χ0) is 21.8. The maximum absolute atomic E-state index is 12.2. The number of halogens is 1. The minimum absolute atomic E-state index is 0.0765. The molecule has 0 saturated carbocycles. The quantitative estimate of drug-likeness (QED) is 0.389. The van der Waals surface area contributed by atoms with E-state index >= 15 is 0 Å². The summed E-state index contributed by atoms with van der Waals surface area (Å²) in [4.78, 5) is 16.8. The summed E-state index contributed by atoms with van der Waals surface area (Å²) in [7, 11) is 0. The number of carbonyl (C=O) groups excluding carboxylic acids is 1. The van der Waals surface area contributed by atoms with Crippen molar-refractivity contribution in [3.8, 4) is 5.75 Å². The van der Waals surface area contributed by atoms with E-state index in [0.717, 1.165) is 28.6 Å². The number of carbonyl (C=O) groups is 1. The molecule has 0 saturated heterocycles. The second kappa shape index (κ2) is 9.23. The minimum atomic E-state index is -0.229. The lowest BCUT2D eigenvalue weighted by Crippen LogP contribution is -2.20. The van der Waals surface area contributed by atoms with Crippen LogP contribution in [-0.4, -0.2) is 17.5 Å². The average molecular weight is 435 g/mol. The van der Waals surface area contributed by atoms with Gasteiger partial charge < -0.3 is 14.5 Å². The summed E-state index contributed by atoms with van der Waals surface area (Å²) >= 11 is 5.94. The summed E-state index contributed by atoms with van der Waals surface area (Å²) in [6.07, 6.45) is 1.55. The predicted octanol–water partition coefficient (Wildman–Crippen LogP) is 5.96. The molecule has 1 N–H and O–H groups in total. The first-order valence-electron chi connectivity index (χ1n) is 10.2. The van der Waals surface area contributed by atoms with E-state index in [0.29, 0.717) is 28.8 Å². The highest BCUT2D eigenvalue weighted by atomic mass is 35.5. The second-order valence-electron chi connectivity index (χ2n) is 7.38. The molecule has 1 heterocycles. The SMILES string of the molecule is CCc1ccc2oc(Cc3ccc(NC(=O)COc4ccc(Cl)cc4C)cc3)nc2c1. The Kier molecular flexibility index (Phi) is 6.23. The van der Waals surface area contributed by atoms with Gasteiger partial charge in [0.15, 0.2) is 18.1 Å². The second-order valence-corrected chi connectivity index (χ2v) is 7.82. The van der Waals surface area contributed by atoms with Gasteiger partial charge in [-0.05, 0) is 72.5 Å². The third-order valence-corrected chi connectivity index (χ3v) is 5.23. The molecule has 5 nitrogen and oxygen atoms in total. The van der Waals surface area contributed by atoms with Crippen LogP contribution < -0.4 is 10.1 Å². The summed E-state index contributed by atoms with van der Waals surface area (Å²) in [6, 6.07) is 19.0. The van der Waals surface area contributed by atoms with Crippen molar-refractivity contribution in [1.29, 1.82) is 0 Å². The Bertz CT molecular complexity index is 1220. The Labute approximate surface area is 186 Å². The van der Waals surface area contributed by atoms with Crippen LogP contribution in [0.3, 0.4) is 0 Å². The van der Waals surface area contributed by atoms with Crippen molar-refractivity contribution >= 4 is 34.3 Å². The van der Waals surface area contributed by atoms with Crippen LogP contribution in [-0.2, 0) is 17.6 Å². The molecule has 3 aromatic carbocycles. The molecule has 0 bridgehead atoms. The number of nitrogens with zero attached hydrogens (tertiary/aromatic N) is 1. The first kappa shape index (κ1) is 20.9. The molecule has 0 atom stereocenters. The molecule has 0 spiro atoms. The number of amides is 1. The Morgan fingerprint density at radius 3 is 2.58 bits per heavy atom. The van der Waals surface area contributed by atoms with Crippen LogP contribution in [0.4, 0.5) is 5.69 Å². The van der Waals surface area contributed by atoms with E-state index in [1.807, 2.05) is 37.3 Å². The number of fused-ring (bicyclic) bond motifs is 1. The fourth-order valence-corrected chi connectivity index (χ4v) is 3.54. The van der Waals surface area contributed by atoms with Crippen LogP contribution in [0.2, 0.25) is 5.02 Å². The molecular formula is C25H23ClN2O3. The molecule has 0 radical (unpaired) electrons. The van der Waals surface area contributed by atoms with Crippen molar-refractivity contribution in [2.75, 3.05) is 11.9 Å². The number of nitrogens with one attached hydrogen (secondary N) is 1. The minimum Gasteiger partial charge on any atom is -0.483 e. The number of benzene rings is 3. The van der Waals surface area contributed by atoms with E-state index in [1.165, 1.54) is 5.56 Å². The number of ether oxygens (including phenoxy) is 1. The topological polar surface area (TPSA) is 64.4 Å². The van der Waals surface area contributed by atoms with Crippen LogP contribution in [0.25, 0.3) is 11.1 Å². The van der Waals surface area contributed by atoms with Crippen molar-refractivity contribution in [3.63, 3.8) is 0 Å². The van der Waals surface area contributed by atoms with Gasteiger partial charge in [-0.3, -0.25) is 4.79 Å². The number of anilines is 1. The van der Waals surface area contributed by atoms with E-state index in [9.17, 15) is 4.79 Å². The standard InChI is InChI=1S/C25H23ClN2O3/c1-3-17-6-10-23-21(13-17)28-25(31-23)14-18-4-8-20(9-5-18)27-24(29)15-30-22-11-7-19(26)12-16(22)2/h4-13H,3,14-15H2,1-2H3,(H,27,29). The summed E-state index contributed by atoms with van der Waals surface area (Å²) in [5.74, 6) is 1.08. The third kappa shape index (κ3) is 5.25. The number of rotatable bonds is 7. The van der Waals surface area contributed by atoms with Crippen LogP contribution in [0.5, 0.6) is 5.75 Å². The lowest BCUT2D eigenvalue weighted by atomic mass is 10.1. The van der Waals surface area contributed by atoms with Crippen molar-refractivity contribution < 1.29 is 13.9 Å². The molecule has 0 aliphatic rings. The highest BCUT2D eigenvalue weighted by molar-refractivity contribution is 6.30. The van der Waals surface area contributed by atoms with E-state index in [1.54, 1.807) is 18.2 Å². The fraction of sp³-hybridized carbons (Fsp3) is 0.200. The lowest BCUT2D eigenvalue weighted by molar-refractivity contribution is -0.118. The van der Waals surface area contributed by atoms with E-state index in [2.05, 4.69) is 29.4 Å². The van der Waals surface area contributed by atoms with Gasteiger partial charge in [0.2, 0.25) is 0 Å². The van der Waals surface area contributed by atoms with Gasteiger partial charge in [-0.1, -0.05) is 36.7 Å². The molecule has 4 aromatic rings. The molecule has 4 rings (SSSR count). The molecule has 0 aliphatic carbocycles. The molecule has 31 heavy (non-hydrogen) atoms. The highest BCUT2D eigenvalue weighted by Gasteiger charge is 2.09. The highest BCUT2D eigenvalue weighted by Crippen LogP contribution is 2.22. The van der Waals surface area contributed by atoms with Crippen molar-refractivity contribution in [1.82, 2.24) is 4.98 Å². The maximum Gasteiger partial charge on any atom is 0.262 e. The number of hydrogen-bond acceptors (Lipinski definition) is 4. The average Bonchev–Trinajstić information content (AvgIpc) is 3.16. The summed E-state index contributed by atoms with van der Waals surface area (Å²) in [5.41, 5.74) is 5.56. The number of aryl methyl sites for hydroxylation is 2. The molecular weight excluding hydrogens is 412 g/mol. The van der Waals surface area contributed by atoms with Gasteiger partial charge in [0, 0.05) is 17.1 Å². The lowest BCUT2D eigenvalue weighted by Gasteiger charge is -2.10. The summed E-state index contributed by atoms with van der Waals surface area (Å²) < 4.78 is 11.4. The van der Waals surface area contributed by atoms with Crippen LogP contribution >= 0.6 is 11.6 Å². The van der Waals surface area contributed by atoms with Crippen LogP contribution in [0.1, 0.15) is 29.5 Å². The van der Waals surface area contributed by atoms with Gasteiger partial charge in [-0.15, -0.1) is 0 Å². The first-order valence-corrected chi connectivity index (χ1v) is 10.5. The maximum atomic E-state index is 12.2. The monoisotopic (exact) mass is 434 g/mol. The Balaban J connectivity index is 1.34. The van der Waals surface area contributed by atoms with E-state index in [4.69, 9.17) is 20.8 Å². The van der Waals surface area contributed by atoms with Gasteiger partial charge in [0.05, 0.1) is 0 Å². The predicted molar refractivity (Wildman–Crippen MR) is 123 cm³/mol. The molecule has 158 valence electrons. The fourth-order valence-electron chi connectivity index (χ4n) is 3.31. The molecule has 6 heteroatoms. The number of oxazole rings is 1. The van der Waals surface area contributed by atoms with E-state index < -0.39 is 0 Å². The van der Waals surface area contributed by atoms with Crippen molar-refractivity contribution in [2.45, 2.75) is 26.7 Å². The smallest absolute Gasteiger partial charge is 0.262 e. The molecule has 0 aliphatic heterocycles. The number of hydrogen-bond donors (Lipinski definition) is 1. The third-order valence-electron chi connectivity index (χ3n) is 4.99. The van der Waals surface area contributed by atoms with Gasteiger partial charge in [-0.2, -0.15) is 0 Å². The molecule has 1 amide bonds. The zero-order valence-corrected chi connectivity index (χ0v) is 18.2. The Hall–Kier alpha value is -3.31. The normalized spacial score (nSPS) is 10.9. The van der Waals surface area contributed by atoms with Gasteiger partial charge in [0.25, 0.3) is 5.91 Å².